The molecule has 0 aliphatic rings. The lowest BCUT2D eigenvalue weighted by atomic mass is 10.3. The smallest absolute Gasteiger partial charge is 0.404 e. The molecule has 1 unspecified atom stereocenters. The Kier molecular flexibility index (Phi) is 4.26. The first-order valence-corrected chi connectivity index (χ1v) is 4.75. The molecule has 0 amide bonds. The van der Waals surface area contributed by atoms with Crippen molar-refractivity contribution in [2.75, 3.05) is 6.54 Å². The molecule has 0 radical (unpaired) electrons. The third-order valence-electron chi connectivity index (χ3n) is 1.98. The maximum atomic E-state index is 10.3. The van der Waals surface area contributed by atoms with Gasteiger partial charge in [-0.25, -0.2) is 0 Å². The molecular weight excluding hydrogens is 200 g/mol. The molecule has 2 N–H and O–H groups in total. The number of aliphatic hydroxyl groups is 1. The number of nitrogens with zero attached hydrogens (tertiary/aromatic N) is 1. The molecule has 0 fully saturated rings. The summed E-state index contributed by atoms with van der Waals surface area (Å²) in [7, 11) is 0. The van der Waals surface area contributed by atoms with Crippen molar-refractivity contribution in [3.05, 3.63) is 28.0 Å². The first-order chi connectivity index (χ1) is 7.13. The Hall–Kier alpha value is -1.40. The van der Waals surface area contributed by atoms with Gasteiger partial charge in [0.15, 0.2) is 0 Å². The van der Waals surface area contributed by atoms with E-state index < -0.39 is 11.0 Å². The summed E-state index contributed by atoms with van der Waals surface area (Å²) >= 11 is 0. The summed E-state index contributed by atoms with van der Waals surface area (Å²) in [5.41, 5.74) is 0. The molecule has 0 saturated heterocycles. The number of hydrogen-bond donors (Lipinski definition) is 2. The predicted molar refractivity (Wildman–Crippen MR) is 53.4 cm³/mol. The van der Waals surface area contributed by atoms with Crippen molar-refractivity contribution in [1.82, 2.24) is 5.32 Å². The van der Waals surface area contributed by atoms with Crippen LogP contribution >= 0.6 is 0 Å². The molecule has 6 heteroatoms. The molecule has 1 aromatic rings. The lowest BCUT2D eigenvalue weighted by Gasteiger charge is -2.07. The van der Waals surface area contributed by atoms with Gasteiger partial charge in [0.25, 0.3) is 0 Å². The zero-order chi connectivity index (χ0) is 11.3. The van der Waals surface area contributed by atoms with Crippen molar-refractivity contribution in [2.24, 2.45) is 0 Å². The van der Waals surface area contributed by atoms with E-state index in [1.165, 1.54) is 6.07 Å². The molecule has 0 aliphatic carbocycles. The Balaban J connectivity index is 2.35. The van der Waals surface area contributed by atoms with E-state index >= 15 is 0 Å². The SMILES string of the molecule is CCC(O)CNCc1ccc([N+](=O)[O-])o1. The second-order valence-corrected chi connectivity index (χ2v) is 3.19. The van der Waals surface area contributed by atoms with E-state index in [4.69, 9.17) is 4.42 Å². The molecule has 6 nitrogen and oxygen atoms in total. The van der Waals surface area contributed by atoms with E-state index in [0.717, 1.165) is 0 Å². The monoisotopic (exact) mass is 214 g/mol. The number of rotatable bonds is 6. The van der Waals surface area contributed by atoms with Crippen LogP contribution in [0.5, 0.6) is 0 Å². The topological polar surface area (TPSA) is 88.5 Å². The van der Waals surface area contributed by atoms with Gasteiger partial charge in [0.2, 0.25) is 0 Å². The van der Waals surface area contributed by atoms with Crippen LogP contribution in [0.15, 0.2) is 16.5 Å². The van der Waals surface area contributed by atoms with E-state index in [0.29, 0.717) is 25.3 Å². The summed E-state index contributed by atoms with van der Waals surface area (Å²) in [6.07, 6.45) is 0.278. The van der Waals surface area contributed by atoms with E-state index in [9.17, 15) is 15.2 Å². The number of hydrogen-bond acceptors (Lipinski definition) is 5. The van der Waals surface area contributed by atoms with Gasteiger partial charge in [-0.05, 0) is 12.5 Å². The third-order valence-corrected chi connectivity index (χ3v) is 1.98. The molecule has 1 heterocycles. The molecule has 0 aliphatic heterocycles. The summed E-state index contributed by atoms with van der Waals surface area (Å²) < 4.78 is 4.92. The minimum Gasteiger partial charge on any atom is -0.404 e. The summed E-state index contributed by atoms with van der Waals surface area (Å²) in [4.78, 5) is 9.72. The lowest BCUT2D eigenvalue weighted by Crippen LogP contribution is -2.25. The molecule has 1 atom stereocenters. The van der Waals surface area contributed by atoms with Crippen molar-refractivity contribution < 1.29 is 14.4 Å². The molecule has 1 rings (SSSR count). The van der Waals surface area contributed by atoms with Crippen molar-refractivity contribution in [1.29, 1.82) is 0 Å². The number of aliphatic hydroxyl groups excluding tert-OH is 1. The number of nitro groups is 1. The first-order valence-electron chi connectivity index (χ1n) is 4.75. The molecule has 15 heavy (non-hydrogen) atoms. The van der Waals surface area contributed by atoms with E-state index in [-0.39, 0.29) is 5.88 Å². The van der Waals surface area contributed by atoms with Crippen LogP contribution in [0.3, 0.4) is 0 Å². The van der Waals surface area contributed by atoms with Gasteiger partial charge in [0, 0.05) is 6.54 Å². The normalized spacial score (nSPS) is 12.7. The van der Waals surface area contributed by atoms with E-state index in [1.807, 2.05) is 6.92 Å². The Bertz CT molecular complexity index is 324. The van der Waals surface area contributed by atoms with Gasteiger partial charge in [-0.2, -0.15) is 0 Å². The fourth-order valence-electron chi connectivity index (χ4n) is 1.07. The number of nitrogens with one attached hydrogen (secondary N) is 1. The average Bonchev–Trinajstić information content (AvgIpc) is 2.66. The van der Waals surface area contributed by atoms with Crippen LogP contribution in [-0.2, 0) is 6.54 Å². The maximum absolute atomic E-state index is 10.3. The maximum Gasteiger partial charge on any atom is 0.433 e. The molecule has 0 aromatic carbocycles. The van der Waals surface area contributed by atoms with Crippen LogP contribution in [0.25, 0.3) is 0 Å². The minimum atomic E-state index is -0.579. The molecule has 0 bridgehead atoms. The van der Waals surface area contributed by atoms with E-state index in [2.05, 4.69) is 5.32 Å². The van der Waals surface area contributed by atoms with Gasteiger partial charge in [-0.1, -0.05) is 6.92 Å². The highest BCUT2D eigenvalue weighted by Gasteiger charge is 2.11. The highest BCUT2D eigenvalue weighted by Crippen LogP contribution is 2.15. The van der Waals surface area contributed by atoms with Crippen molar-refractivity contribution in [3.8, 4) is 0 Å². The zero-order valence-electron chi connectivity index (χ0n) is 8.47. The van der Waals surface area contributed by atoms with Crippen LogP contribution < -0.4 is 5.32 Å². The largest absolute Gasteiger partial charge is 0.433 e. The summed E-state index contributed by atoms with van der Waals surface area (Å²) in [6, 6.07) is 2.86. The molecule has 0 spiro atoms. The summed E-state index contributed by atoms with van der Waals surface area (Å²) in [6.45, 7) is 2.71. The van der Waals surface area contributed by atoms with Crippen LogP contribution in [-0.4, -0.2) is 22.7 Å². The van der Waals surface area contributed by atoms with Gasteiger partial charge in [0.05, 0.1) is 18.7 Å². The van der Waals surface area contributed by atoms with Gasteiger partial charge in [-0.15, -0.1) is 0 Å². The van der Waals surface area contributed by atoms with Crippen molar-refractivity contribution >= 4 is 5.88 Å². The Morgan fingerprint density at radius 2 is 2.40 bits per heavy atom. The Morgan fingerprint density at radius 1 is 1.67 bits per heavy atom. The first kappa shape index (κ1) is 11.7. The van der Waals surface area contributed by atoms with Gasteiger partial charge < -0.3 is 14.8 Å². The molecule has 84 valence electrons. The molecular formula is C9H14N2O4. The van der Waals surface area contributed by atoms with Gasteiger partial charge >= 0.3 is 5.88 Å². The highest BCUT2D eigenvalue weighted by molar-refractivity contribution is 5.17. The van der Waals surface area contributed by atoms with Crippen LogP contribution in [0.2, 0.25) is 0 Å². The zero-order valence-corrected chi connectivity index (χ0v) is 8.47. The Labute approximate surface area is 87.0 Å². The van der Waals surface area contributed by atoms with Crippen LogP contribution in [0.1, 0.15) is 19.1 Å². The third kappa shape index (κ3) is 3.69. The summed E-state index contributed by atoms with van der Waals surface area (Å²) in [5.74, 6) is 0.229. The van der Waals surface area contributed by atoms with Gasteiger partial charge in [0.1, 0.15) is 10.7 Å². The van der Waals surface area contributed by atoms with Crippen LogP contribution in [0.4, 0.5) is 5.88 Å². The quantitative estimate of drug-likeness (QED) is 0.545. The predicted octanol–water partition coefficient (Wildman–Crippen LogP) is 1.05. The highest BCUT2D eigenvalue weighted by atomic mass is 16.6. The number of furan rings is 1. The Morgan fingerprint density at radius 3 is 2.93 bits per heavy atom. The molecule has 1 aromatic heterocycles. The molecule has 0 saturated carbocycles. The average molecular weight is 214 g/mol. The van der Waals surface area contributed by atoms with Crippen molar-refractivity contribution in [2.45, 2.75) is 26.0 Å². The van der Waals surface area contributed by atoms with Gasteiger partial charge in [-0.3, -0.25) is 10.1 Å². The van der Waals surface area contributed by atoms with Crippen molar-refractivity contribution in [3.63, 3.8) is 0 Å². The second kappa shape index (κ2) is 5.47. The minimum absolute atomic E-state index is 0.261. The fraction of sp³-hybridized carbons (Fsp3) is 0.556. The standard InChI is InChI=1S/C9H14N2O4/c1-2-7(12)5-10-6-8-3-4-9(15-8)11(13)14/h3-4,7,10,12H,2,5-6H2,1H3. The second-order valence-electron chi connectivity index (χ2n) is 3.19. The summed E-state index contributed by atoms with van der Waals surface area (Å²) in [5, 5.41) is 22.5. The lowest BCUT2D eigenvalue weighted by molar-refractivity contribution is -0.402. The fourth-order valence-corrected chi connectivity index (χ4v) is 1.07. The van der Waals surface area contributed by atoms with Crippen LogP contribution in [0, 0.1) is 10.1 Å². The van der Waals surface area contributed by atoms with E-state index in [1.54, 1.807) is 6.07 Å².